The number of para-hydroxylation sites is 2. The minimum absolute atomic E-state index is 0.898. The Bertz CT molecular complexity index is 534. The van der Waals surface area contributed by atoms with E-state index in [9.17, 15) is 0 Å². The topological polar surface area (TPSA) is 21.6 Å². The molecule has 0 radical (unpaired) electrons. The molecule has 4 heteroatoms. The maximum atomic E-state index is 5.90. The molecule has 0 atom stereocenters. The van der Waals surface area contributed by atoms with E-state index >= 15 is 0 Å². The molecule has 0 N–H and O–H groups in total. The Morgan fingerprint density at radius 1 is 1.17 bits per heavy atom. The van der Waals surface area contributed by atoms with Crippen molar-refractivity contribution in [3.8, 4) is 5.75 Å². The number of rotatable bonds is 4. The second-order valence-corrected chi connectivity index (χ2v) is 7.59. The maximum Gasteiger partial charge on any atom is 0.229 e. The van der Waals surface area contributed by atoms with Crippen LogP contribution in [-0.2, 0) is 0 Å². The van der Waals surface area contributed by atoms with E-state index in [2.05, 4.69) is 29.5 Å². The molecule has 1 aromatic heterocycles. The molecule has 2 nitrogen and oxygen atoms in total. The van der Waals surface area contributed by atoms with Crippen molar-refractivity contribution >= 4 is 31.8 Å². The normalized spacial score (nSPS) is 11.9. The Balaban J connectivity index is 2.31. The molecule has 0 fully saturated rings. The van der Waals surface area contributed by atoms with Crippen LogP contribution in [0.25, 0.3) is 0 Å². The minimum atomic E-state index is -1.10. The third-order valence-corrected chi connectivity index (χ3v) is 4.10. The fourth-order valence-electron chi connectivity index (χ4n) is 1.62. The SMILES string of the molecule is CC(=Nc1ccccc1O[SiH](C)C)c1cccs1. The lowest BCUT2D eigenvalue weighted by Crippen LogP contribution is -2.11. The molecular formula is C14H17NOSSi. The number of aliphatic imine (C=N–C) groups is 1. The molecule has 0 spiro atoms. The van der Waals surface area contributed by atoms with Gasteiger partial charge in [-0.15, -0.1) is 11.3 Å². The van der Waals surface area contributed by atoms with Crippen molar-refractivity contribution in [2.45, 2.75) is 20.0 Å². The summed E-state index contributed by atoms with van der Waals surface area (Å²) in [5.74, 6) is 0.898. The predicted molar refractivity (Wildman–Crippen MR) is 82.1 cm³/mol. The zero-order valence-corrected chi connectivity index (χ0v) is 12.9. The van der Waals surface area contributed by atoms with Gasteiger partial charge in [0.05, 0.1) is 5.71 Å². The van der Waals surface area contributed by atoms with Crippen LogP contribution in [0.4, 0.5) is 5.69 Å². The van der Waals surface area contributed by atoms with Gasteiger partial charge in [0.2, 0.25) is 9.04 Å². The third kappa shape index (κ3) is 3.30. The van der Waals surface area contributed by atoms with Crippen LogP contribution in [0.15, 0.2) is 46.8 Å². The van der Waals surface area contributed by atoms with Gasteiger partial charge in [0.15, 0.2) is 0 Å². The zero-order chi connectivity index (χ0) is 13.0. The van der Waals surface area contributed by atoms with Crippen LogP contribution in [0.3, 0.4) is 0 Å². The highest BCUT2D eigenvalue weighted by Crippen LogP contribution is 2.28. The van der Waals surface area contributed by atoms with Gasteiger partial charge in [-0.1, -0.05) is 18.2 Å². The number of hydrogen-bond donors (Lipinski definition) is 0. The van der Waals surface area contributed by atoms with Gasteiger partial charge < -0.3 is 4.43 Å². The molecule has 0 amide bonds. The van der Waals surface area contributed by atoms with Crippen molar-refractivity contribution in [3.63, 3.8) is 0 Å². The van der Waals surface area contributed by atoms with E-state index < -0.39 is 9.04 Å². The van der Waals surface area contributed by atoms with Crippen molar-refractivity contribution in [1.82, 2.24) is 0 Å². The van der Waals surface area contributed by atoms with Crippen molar-refractivity contribution in [2.75, 3.05) is 0 Å². The quantitative estimate of drug-likeness (QED) is 0.604. The second-order valence-electron chi connectivity index (χ2n) is 4.31. The van der Waals surface area contributed by atoms with E-state index in [0.717, 1.165) is 17.1 Å². The molecule has 0 aliphatic rings. The lowest BCUT2D eigenvalue weighted by molar-refractivity contribution is 0.582. The van der Waals surface area contributed by atoms with Crippen molar-refractivity contribution in [2.24, 2.45) is 4.99 Å². The molecule has 0 bridgehead atoms. The standard InChI is InChI=1S/C14H17NOSSi/c1-11(14-9-6-10-17-14)15-12-7-4-5-8-13(12)16-18(2)3/h4-10,18H,1-3H3. The summed E-state index contributed by atoms with van der Waals surface area (Å²) in [6, 6.07) is 12.1. The van der Waals surface area contributed by atoms with Crippen LogP contribution < -0.4 is 4.43 Å². The summed E-state index contributed by atoms with van der Waals surface area (Å²) in [5.41, 5.74) is 1.95. The molecule has 94 valence electrons. The zero-order valence-electron chi connectivity index (χ0n) is 10.9. The first-order valence-corrected chi connectivity index (χ1v) is 9.67. The number of thiophene rings is 1. The largest absolute Gasteiger partial charge is 0.546 e. The molecule has 1 heterocycles. The Hall–Kier alpha value is -1.39. The first-order valence-electron chi connectivity index (χ1n) is 6.01. The van der Waals surface area contributed by atoms with E-state index in [1.165, 1.54) is 4.88 Å². The summed E-state index contributed by atoms with van der Waals surface area (Å²) >= 11 is 1.71. The van der Waals surface area contributed by atoms with E-state index in [-0.39, 0.29) is 0 Å². The summed E-state index contributed by atoms with van der Waals surface area (Å²) in [4.78, 5) is 5.88. The molecule has 2 aromatic rings. The summed E-state index contributed by atoms with van der Waals surface area (Å²) < 4.78 is 5.90. The Morgan fingerprint density at radius 3 is 2.61 bits per heavy atom. The molecule has 0 unspecified atom stereocenters. The van der Waals surface area contributed by atoms with Crippen LogP contribution >= 0.6 is 11.3 Å². The molecule has 0 aliphatic carbocycles. The predicted octanol–water partition coefficient (Wildman–Crippen LogP) is 4.25. The fraction of sp³-hybridized carbons (Fsp3) is 0.214. The Labute approximate surface area is 114 Å². The summed E-state index contributed by atoms with van der Waals surface area (Å²) in [6.07, 6.45) is 0. The lowest BCUT2D eigenvalue weighted by Gasteiger charge is -2.11. The monoisotopic (exact) mass is 275 g/mol. The van der Waals surface area contributed by atoms with Gasteiger partial charge >= 0.3 is 0 Å². The molecule has 2 rings (SSSR count). The van der Waals surface area contributed by atoms with Gasteiger partial charge in [0, 0.05) is 4.88 Å². The smallest absolute Gasteiger partial charge is 0.229 e. The minimum Gasteiger partial charge on any atom is -0.546 e. The molecular weight excluding hydrogens is 258 g/mol. The van der Waals surface area contributed by atoms with E-state index in [1.807, 2.05) is 37.3 Å². The van der Waals surface area contributed by atoms with E-state index in [0.29, 0.717) is 0 Å². The lowest BCUT2D eigenvalue weighted by atomic mass is 10.3. The van der Waals surface area contributed by atoms with Crippen molar-refractivity contribution in [1.29, 1.82) is 0 Å². The third-order valence-electron chi connectivity index (χ3n) is 2.39. The van der Waals surface area contributed by atoms with Crippen LogP contribution in [0.1, 0.15) is 11.8 Å². The van der Waals surface area contributed by atoms with Gasteiger partial charge in [-0.3, -0.25) is 0 Å². The number of hydrogen-bond acceptors (Lipinski definition) is 3. The maximum absolute atomic E-state index is 5.90. The summed E-state index contributed by atoms with van der Waals surface area (Å²) in [6.45, 7) is 6.36. The van der Waals surface area contributed by atoms with Crippen molar-refractivity contribution in [3.05, 3.63) is 46.7 Å². The first-order chi connectivity index (χ1) is 8.66. The van der Waals surface area contributed by atoms with Gasteiger partial charge in [-0.2, -0.15) is 0 Å². The van der Waals surface area contributed by atoms with Crippen LogP contribution in [-0.4, -0.2) is 14.8 Å². The highest BCUT2D eigenvalue weighted by molar-refractivity contribution is 7.12. The first kappa shape index (κ1) is 13.0. The molecule has 0 aliphatic heterocycles. The highest BCUT2D eigenvalue weighted by Gasteiger charge is 2.06. The molecule has 0 saturated heterocycles. The average Bonchev–Trinajstić information content (AvgIpc) is 2.84. The Morgan fingerprint density at radius 2 is 1.94 bits per heavy atom. The number of benzene rings is 1. The van der Waals surface area contributed by atoms with Gasteiger partial charge in [-0.05, 0) is 43.6 Å². The highest BCUT2D eigenvalue weighted by atomic mass is 32.1. The van der Waals surface area contributed by atoms with Gasteiger partial charge in [0.25, 0.3) is 0 Å². The van der Waals surface area contributed by atoms with Crippen LogP contribution in [0.2, 0.25) is 13.1 Å². The number of nitrogens with zero attached hydrogens (tertiary/aromatic N) is 1. The van der Waals surface area contributed by atoms with Crippen LogP contribution in [0.5, 0.6) is 5.75 Å². The molecule has 18 heavy (non-hydrogen) atoms. The summed E-state index contributed by atoms with van der Waals surface area (Å²) in [5, 5.41) is 2.07. The summed E-state index contributed by atoms with van der Waals surface area (Å²) in [7, 11) is -1.10. The average molecular weight is 275 g/mol. The van der Waals surface area contributed by atoms with Gasteiger partial charge in [0.1, 0.15) is 11.4 Å². The van der Waals surface area contributed by atoms with Gasteiger partial charge in [-0.25, -0.2) is 4.99 Å². The van der Waals surface area contributed by atoms with E-state index in [1.54, 1.807) is 11.3 Å². The van der Waals surface area contributed by atoms with Crippen LogP contribution in [0, 0.1) is 0 Å². The Kier molecular flexibility index (Phi) is 4.33. The van der Waals surface area contributed by atoms with E-state index in [4.69, 9.17) is 4.43 Å². The van der Waals surface area contributed by atoms with Crippen molar-refractivity contribution < 1.29 is 4.43 Å². The molecule has 0 saturated carbocycles. The molecule has 1 aromatic carbocycles. The second kappa shape index (κ2) is 5.98. The fourth-order valence-corrected chi connectivity index (χ4v) is 3.01.